The van der Waals surface area contributed by atoms with Gasteiger partial charge in [-0.2, -0.15) is 11.8 Å². The van der Waals surface area contributed by atoms with Crippen LogP contribution in [-0.2, 0) is 6.54 Å². The van der Waals surface area contributed by atoms with E-state index in [2.05, 4.69) is 77.6 Å². The second-order valence-corrected chi connectivity index (χ2v) is 8.68. The number of aliphatic imine (C=N–C) groups is 1. The molecule has 1 saturated heterocycles. The van der Waals surface area contributed by atoms with Crippen LogP contribution in [0, 0.1) is 0 Å². The van der Waals surface area contributed by atoms with Crippen molar-refractivity contribution >= 4 is 23.4 Å². The van der Waals surface area contributed by atoms with Crippen LogP contribution in [0.2, 0.25) is 0 Å². The van der Waals surface area contributed by atoms with Crippen LogP contribution in [0.15, 0.2) is 41.4 Å². The summed E-state index contributed by atoms with van der Waals surface area (Å²) in [6.07, 6.45) is 7.05. The summed E-state index contributed by atoms with van der Waals surface area (Å²) in [5.41, 5.74) is 2.53. The van der Waals surface area contributed by atoms with Gasteiger partial charge in [0.1, 0.15) is 0 Å². The van der Waals surface area contributed by atoms with Crippen molar-refractivity contribution in [2.45, 2.75) is 38.0 Å². The van der Waals surface area contributed by atoms with E-state index in [9.17, 15) is 0 Å². The smallest absolute Gasteiger partial charge is 0.191 e. The lowest BCUT2D eigenvalue weighted by atomic mass is 10.1. The van der Waals surface area contributed by atoms with Crippen molar-refractivity contribution in [3.8, 4) is 0 Å². The van der Waals surface area contributed by atoms with E-state index in [-0.39, 0.29) is 0 Å². The Bertz CT molecular complexity index is 595. The molecule has 1 unspecified atom stereocenters. The number of benzene rings is 1. The Balaban J connectivity index is 1.55. The summed E-state index contributed by atoms with van der Waals surface area (Å²) in [6, 6.07) is 8.78. The van der Waals surface area contributed by atoms with Crippen molar-refractivity contribution in [2.24, 2.45) is 4.99 Å². The average Bonchev–Trinajstić information content (AvgIpc) is 3.30. The van der Waals surface area contributed by atoms with E-state index < -0.39 is 0 Å². The molecule has 0 radical (unpaired) electrons. The predicted molar refractivity (Wildman–Crippen MR) is 111 cm³/mol. The number of nitrogens with zero attached hydrogens (tertiary/aromatic N) is 2. The highest BCUT2D eigenvalue weighted by Gasteiger charge is 2.29. The number of rotatable bonds is 6. The molecule has 4 nitrogen and oxygen atoms in total. The zero-order valence-electron chi connectivity index (χ0n) is 15.4. The fourth-order valence-corrected chi connectivity index (χ4v) is 4.50. The molecular weight excluding hydrogens is 328 g/mol. The minimum absolute atomic E-state index is 0.349. The van der Waals surface area contributed by atoms with Crippen LogP contribution in [0.1, 0.15) is 32.3 Å². The number of hydrogen-bond acceptors (Lipinski definition) is 3. The van der Waals surface area contributed by atoms with Crippen LogP contribution in [-0.4, -0.2) is 42.6 Å². The minimum Gasteiger partial charge on any atom is -0.364 e. The van der Waals surface area contributed by atoms with E-state index in [1.165, 1.54) is 29.8 Å². The first-order chi connectivity index (χ1) is 12.2. The van der Waals surface area contributed by atoms with Crippen LogP contribution in [0.3, 0.4) is 0 Å². The molecule has 0 amide bonds. The van der Waals surface area contributed by atoms with Crippen molar-refractivity contribution in [2.75, 3.05) is 36.8 Å². The number of guanidine groups is 1. The summed E-state index contributed by atoms with van der Waals surface area (Å²) >= 11 is 2.08. The Labute approximate surface area is 156 Å². The first kappa shape index (κ1) is 18.2. The van der Waals surface area contributed by atoms with Gasteiger partial charge in [-0.05, 0) is 50.1 Å². The number of thioether (sulfide) groups is 1. The average molecular weight is 359 g/mol. The quantitative estimate of drug-likeness (QED) is 0.464. The topological polar surface area (TPSA) is 39.7 Å². The number of anilines is 1. The second kappa shape index (κ2) is 8.65. The fourth-order valence-electron chi connectivity index (χ4n) is 3.26. The van der Waals surface area contributed by atoms with Crippen LogP contribution < -0.4 is 15.5 Å². The van der Waals surface area contributed by atoms with Crippen LogP contribution >= 0.6 is 11.8 Å². The summed E-state index contributed by atoms with van der Waals surface area (Å²) in [4.78, 5) is 7.12. The minimum atomic E-state index is 0.349. The Morgan fingerprint density at radius 3 is 2.60 bits per heavy atom. The van der Waals surface area contributed by atoms with E-state index in [4.69, 9.17) is 4.99 Å². The van der Waals surface area contributed by atoms with E-state index in [1.807, 2.05) is 0 Å². The standard InChI is InChI=1S/C20H30N4S/c1-3-21-19(23-16-20(2)11-6-14-25-20)22-15-17-7-9-18(10-8-17)24-12-4-5-13-24/h4-5,7-10H,3,6,11-16H2,1-2H3,(H2,21,22,23). The maximum atomic E-state index is 4.76. The first-order valence-electron chi connectivity index (χ1n) is 9.33. The third-order valence-electron chi connectivity index (χ3n) is 4.81. The molecule has 0 aliphatic carbocycles. The largest absolute Gasteiger partial charge is 0.364 e. The Morgan fingerprint density at radius 1 is 1.20 bits per heavy atom. The van der Waals surface area contributed by atoms with Gasteiger partial charge >= 0.3 is 0 Å². The van der Waals surface area contributed by atoms with Crippen LogP contribution in [0.25, 0.3) is 0 Å². The summed E-state index contributed by atoms with van der Waals surface area (Å²) < 4.78 is 0.349. The highest BCUT2D eigenvalue weighted by atomic mass is 32.2. The highest BCUT2D eigenvalue weighted by Crippen LogP contribution is 2.36. The number of hydrogen-bond donors (Lipinski definition) is 2. The molecule has 3 rings (SSSR count). The molecule has 2 N–H and O–H groups in total. The van der Waals surface area contributed by atoms with Gasteiger partial charge < -0.3 is 15.5 Å². The molecule has 1 aromatic rings. The normalized spacial score (nSPS) is 23.3. The molecule has 1 atom stereocenters. The van der Waals surface area contributed by atoms with Crippen molar-refractivity contribution < 1.29 is 0 Å². The summed E-state index contributed by atoms with van der Waals surface area (Å²) in [5.74, 6) is 2.20. The zero-order valence-corrected chi connectivity index (χ0v) is 16.2. The molecule has 0 saturated carbocycles. The van der Waals surface area contributed by atoms with Gasteiger partial charge in [0.25, 0.3) is 0 Å². The molecule has 25 heavy (non-hydrogen) atoms. The van der Waals surface area contributed by atoms with Gasteiger partial charge in [0.05, 0.1) is 6.54 Å². The van der Waals surface area contributed by atoms with Gasteiger partial charge in [-0.25, -0.2) is 4.99 Å². The number of nitrogens with one attached hydrogen (secondary N) is 2. The summed E-state index contributed by atoms with van der Waals surface area (Å²) in [6.45, 7) is 9.07. The van der Waals surface area contributed by atoms with E-state index in [0.717, 1.165) is 32.1 Å². The monoisotopic (exact) mass is 358 g/mol. The summed E-state index contributed by atoms with van der Waals surface area (Å²) in [7, 11) is 0. The van der Waals surface area contributed by atoms with Gasteiger partial charge in [-0.3, -0.25) is 0 Å². The molecule has 2 heterocycles. The Hall–Kier alpha value is -1.62. The van der Waals surface area contributed by atoms with Gasteiger partial charge in [-0.15, -0.1) is 0 Å². The second-order valence-electron chi connectivity index (χ2n) is 6.99. The highest BCUT2D eigenvalue weighted by molar-refractivity contribution is 8.00. The molecule has 2 aliphatic rings. The maximum absolute atomic E-state index is 4.76. The molecular formula is C20H30N4S. The van der Waals surface area contributed by atoms with Crippen molar-refractivity contribution in [1.82, 2.24) is 10.6 Å². The lowest BCUT2D eigenvalue weighted by Gasteiger charge is -2.24. The van der Waals surface area contributed by atoms with Crippen molar-refractivity contribution in [3.05, 3.63) is 42.0 Å². The molecule has 136 valence electrons. The molecule has 1 aromatic carbocycles. The lowest BCUT2D eigenvalue weighted by molar-refractivity contribution is 0.584. The third kappa shape index (κ3) is 5.18. The Morgan fingerprint density at radius 2 is 1.96 bits per heavy atom. The maximum Gasteiger partial charge on any atom is 0.191 e. The molecule has 0 aromatic heterocycles. The zero-order chi connectivity index (χ0) is 17.5. The SMILES string of the molecule is CCNC(=NCc1ccc(N2CC=CC2)cc1)NCC1(C)CCCS1. The Kier molecular flexibility index (Phi) is 6.29. The van der Waals surface area contributed by atoms with Gasteiger partial charge in [0.2, 0.25) is 0 Å². The van der Waals surface area contributed by atoms with E-state index in [1.54, 1.807) is 0 Å². The van der Waals surface area contributed by atoms with Crippen LogP contribution in [0.4, 0.5) is 5.69 Å². The molecule has 0 bridgehead atoms. The molecule has 1 fully saturated rings. The van der Waals surface area contributed by atoms with E-state index in [0.29, 0.717) is 11.3 Å². The third-order valence-corrected chi connectivity index (χ3v) is 6.35. The van der Waals surface area contributed by atoms with Gasteiger partial charge in [-0.1, -0.05) is 24.3 Å². The molecule has 5 heteroatoms. The lowest BCUT2D eigenvalue weighted by Crippen LogP contribution is -2.43. The van der Waals surface area contributed by atoms with E-state index >= 15 is 0 Å². The molecule has 0 spiro atoms. The van der Waals surface area contributed by atoms with Gasteiger partial charge in [0.15, 0.2) is 5.96 Å². The summed E-state index contributed by atoms with van der Waals surface area (Å²) in [5, 5.41) is 6.89. The van der Waals surface area contributed by atoms with Crippen molar-refractivity contribution in [3.63, 3.8) is 0 Å². The fraction of sp³-hybridized carbons (Fsp3) is 0.550. The van der Waals surface area contributed by atoms with Crippen molar-refractivity contribution in [1.29, 1.82) is 0 Å². The molecule has 2 aliphatic heterocycles. The predicted octanol–water partition coefficient (Wildman–Crippen LogP) is 3.40. The first-order valence-corrected chi connectivity index (χ1v) is 10.3. The van der Waals surface area contributed by atoms with Crippen LogP contribution in [0.5, 0.6) is 0 Å². The van der Waals surface area contributed by atoms with Gasteiger partial charge in [0, 0.05) is 36.6 Å².